The lowest BCUT2D eigenvalue weighted by Gasteiger charge is -2.33. The number of amides is 1. The van der Waals surface area contributed by atoms with Crippen LogP contribution in [0.5, 0.6) is 0 Å². The summed E-state index contributed by atoms with van der Waals surface area (Å²) in [5, 5.41) is 6.74. The van der Waals surface area contributed by atoms with Crippen LogP contribution >= 0.6 is 0 Å². The van der Waals surface area contributed by atoms with Gasteiger partial charge in [-0.25, -0.2) is 0 Å². The summed E-state index contributed by atoms with van der Waals surface area (Å²) in [6.07, 6.45) is 7.16. The molecule has 3 atom stereocenters. The number of carbonyl (C=O) groups excluding carboxylic acids is 1. The minimum atomic E-state index is -0.169. The van der Waals surface area contributed by atoms with E-state index in [-0.39, 0.29) is 5.41 Å². The van der Waals surface area contributed by atoms with Gasteiger partial charge < -0.3 is 10.6 Å². The van der Waals surface area contributed by atoms with Crippen LogP contribution in [-0.2, 0) is 4.79 Å². The van der Waals surface area contributed by atoms with Crippen molar-refractivity contribution in [3.05, 3.63) is 0 Å². The minimum absolute atomic E-state index is 0.169. The smallest absolute Gasteiger partial charge is 0.228 e. The maximum absolute atomic E-state index is 12.7. The summed E-state index contributed by atoms with van der Waals surface area (Å²) in [6, 6.07) is 0.411. The van der Waals surface area contributed by atoms with Crippen LogP contribution in [0.15, 0.2) is 0 Å². The van der Waals surface area contributed by atoms with Gasteiger partial charge in [0.1, 0.15) is 0 Å². The number of carbonyl (C=O) groups is 1. The SMILES string of the molecule is CC1CCCC(NC(=O)C2(C(C)C)CCNC2)CC1. The zero-order chi connectivity index (χ0) is 13.9. The molecule has 0 radical (unpaired) electrons. The van der Waals surface area contributed by atoms with E-state index in [1.165, 1.54) is 19.3 Å². The average Bonchev–Trinajstić information content (AvgIpc) is 2.78. The Morgan fingerprint density at radius 3 is 2.68 bits per heavy atom. The minimum Gasteiger partial charge on any atom is -0.353 e. The maximum atomic E-state index is 12.7. The highest BCUT2D eigenvalue weighted by Gasteiger charge is 2.44. The van der Waals surface area contributed by atoms with E-state index < -0.39 is 0 Å². The van der Waals surface area contributed by atoms with Gasteiger partial charge in [-0.15, -0.1) is 0 Å². The van der Waals surface area contributed by atoms with Gasteiger partial charge in [-0.1, -0.05) is 33.6 Å². The van der Waals surface area contributed by atoms with Crippen molar-refractivity contribution in [2.75, 3.05) is 13.1 Å². The molecule has 1 aliphatic heterocycles. The van der Waals surface area contributed by atoms with E-state index in [0.717, 1.165) is 38.3 Å². The second-order valence-corrected chi connectivity index (χ2v) is 7.02. The first-order chi connectivity index (χ1) is 9.04. The number of nitrogens with one attached hydrogen (secondary N) is 2. The van der Waals surface area contributed by atoms with Gasteiger partial charge in [-0.2, -0.15) is 0 Å². The molecule has 0 spiro atoms. The summed E-state index contributed by atoms with van der Waals surface area (Å²) in [5.41, 5.74) is -0.169. The Labute approximate surface area is 117 Å². The lowest BCUT2D eigenvalue weighted by Crippen LogP contribution is -2.49. The monoisotopic (exact) mass is 266 g/mol. The second-order valence-electron chi connectivity index (χ2n) is 7.02. The Morgan fingerprint density at radius 2 is 2.05 bits per heavy atom. The molecule has 3 nitrogen and oxygen atoms in total. The van der Waals surface area contributed by atoms with Gasteiger partial charge in [-0.05, 0) is 44.1 Å². The van der Waals surface area contributed by atoms with E-state index in [4.69, 9.17) is 0 Å². The Morgan fingerprint density at radius 1 is 1.26 bits per heavy atom. The van der Waals surface area contributed by atoms with E-state index >= 15 is 0 Å². The van der Waals surface area contributed by atoms with Crippen LogP contribution in [0.4, 0.5) is 0 Å². The van der Waals surface area contributed by atoms with Crippen molar-refractivity contribution in [1.82, 2.24) is 10.6 Å². The quantitative estimate of drug-likeness (QED) is 0.771. The molecule has 19 heavy (non-hydrogen) atoms. The summed E-state index contributed by atoms with van der Waals surface area (Å²) in [7, 11) is 0. The molecule has 1 saturated heterocycles. The molecule has 0 bridgehead atoms. The van der Waals surface area contributed by atoms with Crippen LogP contribution in [0.25, 0.3) is 0 Å². The van der Waals surface area contributed by atoms with Gasteiger partial charge in [0, 0.05) is 12.6 Å². The Balaban J connectivity index is 1.95. The third-order valence-corrected chi connectivity index (χ3v) is 5.34. The second kappa shape index (κ2) is 6.25. The van der Waals surface area contributed by atoms with Crippen molar-refractivity contribution in [3.8, 4) is 0 Å². The molecule has 3 heteroatoms. The van der Waals surface area contributed by atoms with Crippen LogP contribution in [-0.4, -0.2) is 25.0 Å². The summed E-state index contributed by atoms with van der Waals surface area (Å²) >= 11 is 0. The van der Waals surface area contributed by atoms with E-state index in [9.17, 15) is 4.79 Å². The van der Waals surface area contributed by atoms with Gasteiger partial charge in [0.25, 0.3) is 0 Å². The largest absolute Gasteiger partial charge is 0.353 e. The highest BCUT2D eigenvalue weighted by Crippen LogP contribution is 2.35. The summed E-state index contributed by atoms with van der Waals surface area (Å²) < 4.78 is 0. The Hall–Kier alpha value is -0.570. The topological polar surface area (TPSA) is 41.1 Å². The fourth-order valence-corrected chi connectivity index (χ4v) is 3.62. The molecular formula is C16H30N2O. The van der Waals surface area contributed by atoms with Gasteiger partial charge in [0.05, 0.1) is 5.41 Å². The van der Waals surface area contributed by atoms with Crippen LogP contribution in [0.1, 0.15) is 59.3 Å². The van der Waals surface area contributed by atoms with Crippen LogP contribution in [0.3, 0.4) is 0 Å². The molecule has 2 rings (SSSR count). The Kier molecular flexibility index (Phi) is 4.88. The van der Waals surface area contributed by atoms with Gasteiger partial charge >= 0.3 is 0 Å². The molecule has 110 valence electrons. The zero-order valence-electron chi connectivity index (χ0n) is 12.8. The highest BCUT2D eigenvalue weighted by atomic mass is 16.2. The molecular weight excluding hydrogens is 236 g/mol. The third-order valence-electron chi connectivity index (χ3n) is 5.34. The predicted octanol–water partition coefficient (Wildman–Crippen LogP) is 2.71. The molecule has 0 aromatic carbocycles. The van der Waals surface area contributed by atoms with Crippen LogP contribution in [0, 0.1) is 17.3 Å². The third kappa shape index (κ3) is 3.31. The van der Waals surface area contributed by atoms with Gasteiger partial charge in [0.2, 0.25) is 5.91 Å². The van der Waals surface area contributed by atoms with Crippen LogP contribution in [0.2, 0.25) is 0 Å². The first-order valence-electron chi connectivity index (χ1n) is 8.06. The van der Waals surface area contributed by atoms with Gasteiger partial charge in [0.15, 0.2) is 0 Å². The van der Waals surface area contributed by atoms with Crippen LogP contribution < -0.4 is 10.6 Å². The van der Waals surface area contributed by atoms with Crippen molar-refractivity contribution >= 4 is 5.91 Å². The predicted molar refractivity (Wildman–Crippen MR) is 78.9 cm³/mol. The van der Waals surface area contributed by atoms with Crippen molar-refractivity contribution < 1.29 is 4.79 Å². The average molecular weight is 266 g/mol. The molecule has 3 unspecified atom stereocenters. The van der Waals surface area contributed by atoms with E-state index in [0.29, 0.717) is 17.9 Å². The standard InChI is InChI=1S/C16H30N2O/c1-12(2)16(9-10-17-11-16)15(19)18-14-6-4-5-13(3)7-8-14/h12-14,17H,4-11H2,1-3H3,(H,18,19). The van der Waals surface area contributed by atoms with Crippen molar-refractivity contribution in [1.29, 1.82) is 0 Å². The molecule has 1 amide bonds. The molecule has 1 saturated carbocycles. The number of hydrogen-bond donors (Lipinski definition) is 2. The van der Waals surface area contributed by atoms with E-state index in [2.05, 4.69) is 31.4 Å². The van der Waals surface area contributed by atoms with E-state index in [1.807, 2.05) is 0 Å². The fourth-order valence-electron chi connectivity index (χ4n) is 3.62. The lowest BCUT2D eigenvalue weighted by atomic mass is 9.75. The van der Waals surface area contributed by atoms with E-state index in [1.54, 1.807) is 0 Å². The molecule has 1 aliphatic carbocycles. The number of rotatable bonds is 3. The molecule has 0 aromatic heterocycles. The molecule has 0 aromatic rings. The summed E-state index contributed by atoms with van der Waals surface area (Å²) in [6.45, 7) is 8.52. The first-order valence-corrected chi connectivity index (χ1v) is 8.06. The van der Waals surface area contributed by atoms with Crippen molar-refractivity contribution in [3.63, 3.8) is 0 Å². The van der Waals surface area contributed by atoms with Gasteiger partial charge in [-0.3, -0.25) is 4.79 Å². The molecule has 2 aliphatic rings. The number of hydrogen-bond acceptors (Lipinski definition) is 2. The summed E-state index contributed by atoms with van der Waals surface area (Å²) in [5.74, 6) is 1.54. The summed E-state index contributed by atoms with van der Waals surface area (Å²) in [4.78, 5) is 12.7. The molecule has 2 fully saturated rings. The lowest BCUT2D eigenvalue weighted by molar-refractivity contribution is -0.133. The first kappa shape index (κ1) is 14.8. The molecule has 2 N–H and O–H groups in total. The van der Waals surface area contributed by atoms with Crippen molar-refractivity contribution in [2.24, 2.45) is 17.3 Å². The maximum Gasteiger partial charge on any atom is 0.228 e. The Bertz CT molecular complexity index is 308. The normalized spacial score (nSPS) is 36.2. The fraction of sp³-hybridized carbons (Fsp3) is 0.938. The zero-order valence-corrected chi connectivity index (χ0v) is 12.8. The highest BCUT2D eigenvalue weighted by molar-refractivity contribution is 5.83. The molecule has 1 heterocycles. The van der Waals surface area contributed by atoms with Crippen molar-refractivity contribution in [2.45, 2.75) is 65.3 Å².